The Morgan fingerprint density at radius 2 is 1.71 bits per heavy atom. The zero-order valence-corrected chi connectivity index (χ0v) is 15.6. The van der Waals surface area contributed by atoms with Crippen molar-refractivity contribution in [1.29, 1.82) is 0 Å². The normalized spacial score (nSPS) is 10.6. The summed E-state index contributed by atoms with van der Waals surface area (Å²) < 4.78 is 45.0. The molecule has 0 fully saturated rings. The highest BCUT2D eigenvalue weighted by Crippen LogP contribution is 2.19. The van der Waals surface area contributed by atoms with Crippen molar-refractivity contribution in [2.45, 2.75) is 20.0 Å². The van der Waals surface area contributed by atoms with Gasteiger partial charge in [0, 0.05) is 19.2 Å². The first-order valence-corrected chi connectivity index (χ1v) is 8.67. The van der Waals surface area contributed by atoms with Gasteiger partial charge in [-0.25, -0.2) is 13.2 Å². The third-order valence-electron chi connectivity index (χ3n) is 3.94. The quantitative estimate of drug-likeness (QED) is 0.694. The summed E-state index contributed by atoms with van der Waals surface area (Å²) >= 11 is 0. The summed E-state index contributed by atoms with van der Waals surface area (Å²) in [7, 11) is 1.57. The Labute approximate surface area is 161 Å². The van der Waals surface area contributed by atoms with Gasteiger partial charge in [0.15, 0.2) is 17.5 Å². The van der Waals surface area contributed by atoms with Crippen LogP contribution in [-0.2, 0) is 16.1 Å². The Bertz CT molecular complexity index is 841. The highest BCUT2D eigenvalue weighted by Gasteiger charge is 2.20. The van der Waals surface area contributed by atoms with Crippen molar-refractivity contribution in [3.05, 3.63) is 65.0 Å². The van der Waals surface area contributed by atoms with Crippen molar-refractivity contribution in [2.24, 2.45) is 0 Å². The minimum atomic E-state index is -1.67. The maximum absolute atomic E-state index is 13.7. The summed E-state index contributed by atoms with van der Waals surface area (Å²) in [6, 6.07) is 8.39. The van der Waals surface area contributed by atoms with E-state index >= 15 is 0 Å². The van der Waals surface area contributed by atoms with E-state index < -0.39 is 29.0 Å². The van der Waals surface area contributed by atoms with Gasteiger partial charge in [-0.2, -0.15) is 0 Å². The fourth-order valence-corrected chi connectivity index (χ4v) is 2.60. The van der Waals surface area contributed by atoms with Crippen LogP contribution in [0.3, 0.4) is 0 Å². The van der Waals surface area contributed by atoms with Crippen LogP contribution in [0, 0.1) is 17.5 Å². The summed E-state index contributed by atoms with van der Waals surface area (Å²) in [5, 5.41) is 2.17. The van der Waals surface area contributed by atoms with Crippen LogP contribution in [0.25, 0.3) is 0 Å². The molecule has 150 valence electrons. The van der Waals surface area contributed by atoms with Crippen LogP contribution >= 0.6 is 0 Å². The van der Waals surface area contributed by atoms with Crippen LogP contribution in [0.15, 0.2) is 36.4 Å². The molecule has 5 nitrogen and oxygen atoms in total. The van der Waals surface area contributed by atoms with Crippen molar-refractivity contribution < 1.29 is 27.5 Å². The van der Waals surface area contributed by atoms with Gasteiger partial charge in [0.05, 0.1) is 12.3 Å². The molecular formula is C20H21F3N2O3. The molecule has 0 spiro atoms. The number of ether oxygens (including phenoxy) is 1. The lowest BCUT2D eigenvalue weighted by Gasteiger charge is -2.22. The average Bonchev–Trinajstić information content (AvgIpc) is 2.68. The number of carbonyl (C=O) groups excluding carboxylic acids is 2. The number of rotatable bonds is 8. The van der Waals surface area contributed by atoms with Gasteiger partial charge in [0.2, 0.25) is 5.91 Å². The summed E-state index contributed by atoms with van der Waals surface area (Å²) in [4.78, 5) is 26.2. The van der Waals surface area contributed by atoms with Crippen LogP contribution in [-0.4, -0.2) is 36.9 Å². The summed E-state index contributed by atoms with van der Waals surface area (Å²) in [6.07, 6.45) is 0.598. The molecular weight excluding hydrogens is 373 g/mol. The fraction of sp³-hybridized carbons (Fsp3) is 0.300. The van der Waals surface area contributed by atoms with Crippen molar-refractivity contribution in [3.8, 4) is 0 Å². The molecule has 0 aliphatic carbocycles. The number of amides is 2. The smallest absolute Gasteiger partial charge is 0.254 e. The molecule has 0 saturated carbocycles. The molecule has 0 unspecified atom stereocenters. The van der Waals surface area contributed by atoms with E-state index in [-0.39, 0.29) is 12.5 Å². The topological polar surface area (TPSA) is 58.6 Å². The second kappa shape index (κ2) is 9.89. The minimum Gasteiger partial charge on any atom is -0.380 e. The molecule has 2 rings (SSSR count). The zero-order valence-electron chi connectivity index (χ0n) is 15.6. The summed E-state index contributed by atoms with van der Waals surface area (Å²) in [5.74, 6) is -5.60. The van der Waals surface area contributed by atoms with Gasteiger partial charge >= 0.3 is 0 Å². The summed E-state index contributed by atoms with van der Waals surface area (Å²) in [6.45, 7) is 2.20. The number of halogens is 3. The third-order valence-corrected chi connectivity index (χ3v) is 3.94. The number of carbonyl (C=O) groups is 2. The van der Waals surface area contributed by atoms with Crippen LogP contribution in [0.4, 0.5) is 18.9 Å². The lowest BCUT2D eigenvalue weighted by atomic mass is 10.1. The predicted molar refractivity (Wildman–Crippen MR) is 98.3 cm³/mol. The van der Waals surface area contributed by atoms with Gasteiger partial charge in [0.1, 0.15) is 6.54 Å². The van der Waals surface area contributed by atoms with Crippen molar-refractivity contribution in [3.63, 3.8) is 0 Å². The Morgan fingerprint density at radius 3 is 2.32 bits per heavy atom. The number of hydrogen-bond acceptors (Lipinski definition) is 3. The van der Waals surface area contributed by atoms with E-state index in [9.17, 15) is 22.8 Å². The number of nitrogens with one attached hydrogen (secondary N) is 1. The Morgan fingerprint density at radius 1 is 1.04 bits per heavy atom. The van der Waals surface area contributed by atoms with Gasteiger partial charge in [-0.05, 0) is 36.2 Å². The van der Waals surface area contributed by atoms with Crippen LogP contribution in [0.2, 0.25) is 0 Å². The fourth-order valence-electron chi connectivity index (χ4n) is 2.60. The first kappa shape index (κ1) is 21.4. The van der Waals surface area contributed by atoms with Gasteiger partial charge in [-0.15, -0.1) is 0 Å². The highest BCUT2D eigenvalue weighted by atomic mass is 19.2. The minimum absolute atomic E-state index is 0.298. The highest BCUT2D eigenvalue weighted by molar-refractivity contribution is 5.99. The molecule has 0 bridgehead atoms. The summed E-state index contributed by atoms with van der Waals surface area (Å²) in [5.41, 5.74) is 0.796. The van der Waals surface area contributed by atoms with Crippen molar-refractivity contribution in [1.82, 2.24) is 4.90 Å². The molecule has 0 heterocycles. The lowest BCUT2D eigenvalue weighted by molar-refractivity contribution is -0.116. The maximum atomic E-state index is 13.7. The molecule has 1 N–H and O–H groups in total. The molecule has 2 aromatic carbocycles. The largest absolute Gasteiger partial charge is 0.380 e. The van der Waals surface area contributed by atoms with E-state index in [2.05, 4.69) is 5.32 Å². The van der Waals surface area contributed by atoms with E-state index in [1.807, 2.05) is 6.92 Å². The first-order valence-electron chi connectivity index (χ1n) is 8.67. The maximum Gasteiger partial charge on any atom is 0.254 e. The van der Waals surface area contributed by atoms with Crippen molar-refractivity contribution in [2.75, 3.05) is 25.5 Å². The molecule has 0 aliphatic rings. The lowest BCUT2D eigenvalue weighted by Crippen LogP contribution is -2.38. The van der Waals surface area contributed by atoms with E-state index in [1.165, 1.54) is 4.90 Å². The first-order chi connectivity index (χ1) is 13.4. The van der Waals surface area contributed by atoms with Gasteiger partial charge < -0.3 is 15.0 Å². The SMILES string of the molecule is CCCN(CC(=O)Nc1ccc(F)c(F)c1F)C(=O)c1ccc(COC)cc1. The molecule has 0 radical (unpaired) electrons. The molecule has 0 saturated heterocycles. The number of hydrogen-bond donors (Lipinski definition) is 1. The Balaban J connectivity index is 2.10. The van der Waals surface area contributed by atoms with Gasteiger partial charge in [0.25, 0.3) is 5.91 Å². The predicted octanol–water partition coefficient (Wildman–Crippen LogP) is 3.74. The van der Waals surface area contributed by atoms with E-state index in [1.54, 1.807) is 31.4 Å². The van der Waals surface area contributed by atoms with E-state index in [0.29, 0.717) is 31.2 Å². The number of methoxy groups -OCH3 is 1. The monoisotopic (exact) mass is 394 g/mol. The molecule has 28 heavy (non-hydrogen) atoms. The van der Waals surface area contributed by atoms with Crippen LogP contribution in [0.1, 0.15) is 29.3 Å². The Hall–Kier alpha value is -2.87. The Kier molecular flexibility index (Phi) is 7.57. The molecule has 2 amide bonds. The van der Waals surface area contributed by atoms with Crippen molar-refractivity contribution >= 4 is 17.5 Å². The van der Waals surface area contributed by atoms with E-state index in [4.69, 9.17) is 4.74 Å². The molecule has 2 aromatic rings. The zero-order chi connectivity index (χ0) is 20.7. The van der Waals surface area contributed by atoms with Crippen LogP contribution < -0.4 is 5.32 Å². The second-order valence-corrected chi connectivity index (χ2v) is 6.13. The molecule has 0 aliphatic heterocycles. The number of anilines is 1. The molecule has 8 heteroatoms. The van der Waals surface area contributed by atoms with Gasteiger partial charge in [-0.3, -0.25) is 9.59 Å². The average molecular weight is 394 g/mol. The third kappa shape index (κ3) is 5.32. The second-order valence-electron chi connectivity index (χ2n) is 6.13. The molecule has 0 aromatic heterocycles. The van der Waals surface area contributed by atoms with Crippen LogP contribution in [0.5, 0.6) is 0 Å². The van der Waals surface area contributed by atoms with E-state index in [0.717, 1.165) is 11.6 Å². The van der Waals surface area contributed by atoms with Gasteiger partial charge in [-0.1, -0.05) is 19.1 Å². The number of benzene rings is 2. The standard InChI is InChI=1S/C20H21F3N2O3/c1-3-10-25(20(27)14-6-4-13(5-7-14)12-28-2)11-17(26)24-16-9-8-15(21)18(22)19(16)23/h4-9H,3,10-12H2,1-2H3,(H,24,26). The number of nitrogens with zero attached hydrogens (tertiary/aromatic N) is 1. The molecule has 0 atom stereocenters.